The molecule has 0 aliphatic carbocycles. The van der Waals surface area contributed by atoms with Gasteiger partial charge in [-0.3, -0.25) is 4.90 Å². The minimum Gasteiger partial charge on any atom is -0.331 e. The summed E-state index contributed by atoms with van der Waals surface area (Å²) >= 11 is 0. The molecule has 0 bridgehead atoms. The van der Waals surface area contributed by atoms with Gasteiger partial charge in [0.2, 0.25) is 0 Å². The molecule has 0 radical (unpaired) electrons. The summed E-state index contributed by atoms with van der Waals surface area (Å²) in [4.78, 5) is 17.1. The lowest BCUT2D eigenvalue weighted by atomic mass is 10.1. The van der Waals surface area contributed by atoms with E-state index in [0.717, 1.165) is 44.1 Å². The van der Waals surface area contributed by atoms with Gasteiger partial charge in [0.25, 0.3) is 0 Å². The highest BCUT2D eigenvalue weighted by Gasteiger charge is 2.31. The number of urea groups is 1. The van der Waals surface area contributed by atoms with Crippen molar-refractivity contribution in [1.82, 2.24) is 29.9 Å². The molecule has 1 aromatic rings. The Kier molecular flexibility index (Phi) is 5.20. The highest BCUT2D eigenvalue weighted by molar-refractivity contribution is 5.74. The Balaban J connectivity index is 1.29. The van der Waals surface area contributed by atoms with Crippen molar-refractivity contribution >= 4 is 6.03 Å². The Morgan fingerprint density at radius 2 is 1.80 bits per heavy atom. The van der Waals surface area contributed by atoms with Crippen molar-refractivity contribution in [3.05, 3.63) is 11.6 Å². The molecule has 2 amide bonds. The van der Waals surface area contributed by atoms with Gasteiger partial charge in [0.05, 0.1) is 6.54 Å². The van der Waals surface area contributed by atoms with Crippen LogP contribution in [0.1, 0.15) is 56.6 Å². The molecule has 0 saturated carbocycles. The molecule has 2 fully saturated rings. The van der Waals surface area contributed by atoms with E-state index in [9.17, 15) is 4.79 Å². The number of piperidine rings is 1. The van der Waals surface area contributed by atoms with E-state index in [1.807, 2.05) is 4.90 Å². The zero-order chi connectivity index (χ0) is 17.1. The molecule has 1 atom stereocenters. The highest BCUT2D eigenvalue weighted by atomic mass is 16.2. The number of likely N-dealkylation sites (tertiary alicyclic amines) is 2. The summed E-state index contributed by atoms with van der Waals surface area (Å²) in [7, 11) is 0. The molecule has 3 aliphatic heterocycles. The Morgan fingerprint density at radius 3 is 2.68 bits per heavy atom. The molecular weight excluding hydrogens is 316 g/mol. The van der Waals surface area contributed by atoms with Crippen LogP contribution in [-0.2, 0) is 19.5 Å². The van der Waals surface area contributed by atoms with Crippen molar-refractivity contribution in [2.24, 2.45) is 0 Å². The molecule has 25 heavy (non-hydrogen) atoms. The van der Waals surface area contributed by atoms with E-state index >= 15 is 0 Å². The number of hydrogen-bond acceptors (Lipinski definition) is 4. The van der Waals surface area contributed by atoms with Gasteiger partial charge in [0.1, 0.15) is 5.82 Å². The van der Waals surface area contributed by atoms with Gasteiger partial charge in [0, 0.05) is 32.1 Å². The van der Waals surface area contributed by atoms with Crippen molar-refractivity contribution in [2.45, 2.75) is 70.5 Å². The van der Waals surface area contributed by atoms with Crippen LogP contribution in [-0.4, -0.2) is 62.8 Å². The number of rotatable bonds is 3. The van der Waals surface area contributed by atoms with Crippen molar-refractivity contribution in [1.29, 1.82) is 0 Å². The summed E-state index contributed by atoms with van der Waals surface area (Å²) in [5, 5.41) is 11.7. The molecular formula is C18H30N6O. The summed E-state index contributed by atoms with van der Waals surface area (Å²) < 4.78 is 2.20. The number of aryl methyl sites for hydroxylation is 1. The SMILES string of the molecule is O=C(NCc1nnc2n1CCCCC2)N1CCC(N2CCCCC2)C1. The third-order valence-corrected chi connectivity index (χ3v) is 5.94. The number of fused-ring (bicyclic) bond motifs is 1. The first-order chi connectivity index (χ1) is 12.3. The van der Waals surface area contributed by atoms with Gasteiger partial charge in [0.15, 0.2) is 5.82 Å². The van der Waals surface area contributed by atoms with Crippen LogP contribution in [0.4, 0.5) is 4.79 Å². The van der Waals surface area contributed by atoms with Gasteiger partial charge < -0.3 is 14.8 Å². The van der Waals surface area contributed by atoms with Gasteiger partial charge in [-0.05, 0) is 45.2 Å². The Hall–Kier alpha value is -1.63. The fraction of sp³-hybridized carbons (Fsp3) is 0.833. The number of carbonyl (C=O) groups excluding carboxylic acids is 1. The lowest BCUT2D eigenvalue weighted by Gasteiger charge is -2.32. The second-order valence-electron chi connectivity index (χ2n) is 7.64. The van der Waals surface area contributed by atoms with Gasteiger partial charge in [-0.2, -0.15) is 0 Å². The lowest BCUT2D eigenvalue weighted by Crippen LogP contribution is -2.43. The third kappa shape index (κ3) is 3.81. The first kappa shape index (κ1) is 16.8. The van der Waals surface area contributed by atoms with Gasteiger partial charge in [-0.25, -0.2) is 4.79 Å². The van der Waals surface area contributed by atoms with Crippen LogP contribution in [0.2, 0.25) is 0 Å². The fourth-order valence-corrected chi connectivity index (χ4v) is 4.45. The van der Waals surface area contributed by atoms with E-state index in [-0.39, 0.29) is 6.03 Å². The molecule has 4 rings (SSSR count). The Labute approximate surface area is 149 Å². The lowest BCUT2D eigenvalue weighted by molar-refractivity contribution is 0.161. The number of amides is 2. The number of nitrogens with zero attached hydrogens (tertiary/aromatic N) is 5. The number of nitrogens with one attached hydrogen (secondary N) is 1. The molecule has 1 unspecified atom stereocenters. The molecule has 3 aliphatic rings. The predicted molar refractivity (Wildman–Crippen MR) is 95.2 cm³/mol. The molecule has 1 N–H and O–H groups in total. The van der Waals surface area contributed by atoms with Crippen LogP contribution >= 0.6 is 0 Å². The second-order valence-corrected chi connectivity index (χ2v) is 7.64. The maximum Gasteiger partial charge on any atom is 0.317 e. The summed E-state index contributed by atoms with van der Waals surface area (Å²) in [6.07, 6.45) is 9.70. The molecule has 4 heterocycles. The monoisotopic (exact) mass is 346 g/mol. The van der Waals surface area contributed by atoms with Crippen LogP contribution in [0.15, 0.2) is 0 Å². The van der Waals surface area contributed by atoms with Crippen molar-refractivity contribution in [3.8, 4) is 0 Å². The van der Waals surface area contributed by atoms with E-state index in [2.05, 4.69) is 25.0 Å². The Morgan fingerprint density at radius 1 is 1.00 bits per heavy atom. The molecule has 0 aromatic carbocycles. The first-order valence-corrected chi connectivity index (χ1v) is 9.99. The summed E-state index contributed by atoms with van der Waals surface area (Å²) in [5.74, 6) is 1.98. The molecule has 0 spiro atoms. The van der Waals surface area contributed by atoms with E-state index in [1.54, 1.807) is 0 Å². The normalized spacial score (nSPS) is 24.8. The zero-order valence-corrected chi connectivity index (χ0v) is 15.1. The van der Waals surface area contributed by atoms with Crippen molar-refractivity contribution < 1.29 is 4.79 Å². The summed E-state index contributed by atoms with van der Waals surface area (Å²) in [5.41, 5.74) is 0. The maximum atomic E-state index is 12.5. The molecule has 2 saturated heterocycles. The Bertz CT molecular complexity index is 594. The van der Waals surface area contributed by atoms with Gasteiger partial charge >= 0.3 is 6.03 Å². The molecule has 1 aromatic heterocycles. The van der Waals surface area contributed by atoms with Gasteiger partial charge in [-0.1, -0.05) is 12.8 Å². The minimum atomic E-state index is 0.0467. The third-order valence-electron chi connectivity index (χ3n) is 5.94. The van der Waals surface area contributed by atoms with E-state index in [0.29, 0.717) is 12.6 Å². The molecule has 7 nitrogen and oxygen atoms in total. The van der Waals surface area contributed by atoms with E-state index < -0.39 is 0 Å². The maximum absolute atomic E-state index is 12.5. The first-order valence-electron chi connectivity index (χ1n) is 9.99. The smallest absolute Gasteiger partial charge is 0.317 e. The van der Waals surface area contributed by atoms with Gasteiger partial charge in [-0.15, -0.1) is 10.2 Å². The summed E-state index contributed by atoms with van der Waals surface area (Å²) in [6.45, 7) is 5.59. The predicted octanol–water partition coefficient (Wildman–Crippen LogP) is 1.77. The van der Waals surface area contributed by atoms with Crippen molar-refractivity contribution in [3.63, 3.8) is 0 Å². The fourth-order valence-electron chi connectivity index (χ4n) is 4.45. The quantitative estimate of drug-likeness (QED) is 0.906. The molecule has 138 valence electrons. The van der Waals surface area contributed by atoms with Crippen LogP contribution < -0.4 is 5.32 Å². The average Bonchev–Trinajstić information content (AvgIpc) is 3.22. The highest BCUT2D eigenvalue weighted by Crippen LogP contribution is 2.20. The van der Waals surface area contributed by atoms with Crippen LogP contribution in [0.25, 0.3) is 0 Å². The van der Waals surface area contributed by atoms with E-state index in [4.69, 9.17) is 0 Å². The van der Waals surface area contributed by atoms with Crippen LogP contribution in [0.3, 0.4) is 0 Å². The van der Waals surface area contributed by atoms with E-state index in [1.165, 1.54) is 51.6 Å². The average molecular weight is 346 g/mol. The summed E-state index contributed by atoms with van der Waals surface area (Å²) in [6, 6.07) is 0.598. The second kappa shape index (κ2) is 7.72. The topological polar surface area (TPSA) is 66.3 Å². The van der Waals surface area contributed by atoms with Crippen LogP contribution in [0, 0.1) is 0 Å². The minimum absolute atomic E-state index is 0.0467. The number of carbonyl (C=O) groups is 1. The standard InChI is InChI=1S/C18H30N6O/c25-18(23-12-8-15(14-23)22-9-4-2-5-10-22)19-13-17-21-20-16-7-3-1-6-11-24(16)17/h15H,1-14H2,(H,19,25). The zero-order valence-electron chi connectivity index (χ0n) is 15.1. The largest absolute Gasteiger partial charge is 0.331 e. The van der Waals surface area contributed by atoms with Crippen molar-refractivity contribution in [2.75, 3.05) is 26.2 Å². The number of hydrogen-bond donors (Lipinski definition) is 1. The molecule has 7 heteroatoms. The number of aromatic nitrogens is 3. The van der Waals surface area contributed by atoms with Crippen LogP contribution in [0.5, 0.6) is 0 Å².